The summed E-state index contributed by atoms with van der Waals surface area (Å²) >= 11 is 0. The van der Waals surface area contributed by atoms with E-state index in [0.29, 0.717) is 12.0 Å². The molecule has 122 valence electrons. The molecule has 5 unspecified atom stereocenters. The molecule has 3 nitrogen and oxygen atoms in total. The molecule has 0 radical (unpaired) electrons. The Hall–Kier alpha value is -0.570. The Kier molecular flexibility index (Phi) is 6.53. The molecule has 0 heterocycles. The van der Waals surface area contributed by atoms with Crippen LogP contribution in [0.2, 0.25) is 0 Å². The highest BCUT2D eigenvalue weighted by Crippen LogP contribution is 2.31. The zero-order chi connectivity index (χ0) is 15.2. The monoisotopic (exact) mass is 294 g/mol. The average Bonchev–Trinajstić information content (AvgIpc) is 2.46. The second-order valence-corrected chi connectivity index (χ2v) is 7.69. The van der Waals surface area contributed by atoms with E-state index in [1.165, 1.54) is 38.5 Å². The van der Waals surface area contributed by atoms with E-state index in [9.17, 15) is 4.79 Å². The van der Waals surface area contributed by atoms with E-state index < -0.39 is 0 Å². The quantitative estimate of drug-likeness (QED) is 0.815. The first-order valence-electron chi connectivity index (χ1n) is 9.09. The Morgan fingerprint density at radius 2 is 1.95 bits per heavy atom. The van der Waals surface area contributed by atoms with Gasteiger partial charge in [0.25, 0.3) is 0 Å². The number of nitrogens with one attached hydrogen (secondary N) is 1. The van der Waals surface area contributed by atoms with E-state index in [1.54, 1.807) is 0 Å². The second kappa shape index (κ2) is 8.17. The van der Waals surface area contributed by atoms with E-state index in [-0.39, 0.29) is 11.8 Å². The Morgan fingerprint density at radius 1 is 1.19 bits per heavy atom. The lowest BCUT2D eigenvalue weighted by molar-refractivity contribution is -0.126. The van der Waals surface area contributed by atoms with Crippen molar-refractivity contribution >= 4 is 5.91 Å². The minimum absolute atomic E-state index is 0.127. The van der Waals surface area contributed by atoms with E-state index in [1.807, 2.05) is 0 Å². The van der Waals surface area contributed by atoms with Gasteiger partial charge >= 0.3 is 0 Å². The van der Waals surface area contributed by atoms with Crippen LogP contribution in [0.5, 0.6) is 0 Å². The number of hydrogen-bond acceptors (Lipinski definition) is 2. The molecule has 2 fully saturated rings. The third-order valence-electron chi connectivity index (χ3n) is 5.77. The number of carbonyl (C=O) groups is 1. The van der Waals surface area contributed by atoms with Crippen LogP contribution in [0.1, 0.15) is 71.6 Å². The van der Waals surface area contributed by atoms with Gasteiger partial charge in [-0.15, -0.1) is 0 Å². The van der Waals surface area contributed by atoms with Gasteiger partial charge < -0.3 is 11.1 Å². The zero-order valence-corrected chi connectivity index (χ0v) is 13.9. The van der Waals surface area contributed by atoms with E-state index in [0.717, 1.165) is 37.6 Å². The summed E-state index contributed by atoms with van der Waals surface area (Å²) < 4.78 is 0. The van der Waals surface area contributed by atoms with E-state index in [4.69, 9.17) is 5.73 Å². The molecule has 1 amide bonds. The summed E-state index contributed by atoms with van der Waals surface area (Å²) in [5.74, 6) is 2.57. The molecule has 0 aliphatic heterocycles. The maximum atomic E-state index is 12.3. The van der Waals surface area contributed by atoms with Crippen molar-refractivity contribution in [2.45, 2.75) is 77.7 Å². The van der Waals surface area contributed by atoms with Crippen molar-refractivity contribution < 1.29 is 4.79 Å². The Labute approximate surface area is 130 Å². The van der Waals surface area contributed by atoms with Crippen molar-refractivity contribution in [1.29, 1.82) is 0 Å². The minimum Gasteiger partial charge on any atom is -0.356 e. The lowest BCUT2D eigenvalue weighted by Gasteiger charge is -2.31. The van der Waals surface area contributed by atoms with Crippen LogP contribution in [0.3, 0.4) is 0 Å². The van der Waals surface area contributed by atoms with Gasteiger partial charge in [0.15, 0.2) is 0 Å². The molecular formula is C18H34N2O. The number of carbonyl (C=O) groups excluding carboxylic acids is 1. The molecule has 0 aromatic carbocycles. The SMILES string of the molecule is CC1CCCC(CCNC(=O)C(C)C2CCCC(N)C2)C1. The van der Waals surface area contributed by atoms with E-state index >= 15 is 0 Å². The molecular weight excluding hydrogens is 260 g/mol. The molecule has 2 aliphatic rings. The summed E-state index contributed by atoms with van der Waals surface area (Å²) in [5.41, 5.74) is 6.04. The van der Waals surface area contributed by atoms with Gasteiger partial charge in [-0.25, -0.2) is 0 Å². The fourth-order valence-corrected chi connectivity index (χ4v) is 4.32. The molecule has 0 saturated heterocycles. The van der Waals surface area contributed by atoms with E-state index in [2.05, 4.69) is 19.2 Å². The van der Waals surface area contributed by atoms with Crippen molar-refractivity contribution in [2.75, 3.05) is 6.54 Å². The molecule has 0 aromatic rings. The maximum absolute atomic E-state index is 12.3. The largest absolute Gasteiger partial charge is 0.356 e. The van der Waals surface area contributed by atoms with Crippen molar-refractivity contribution in [3.05, 3.63) is 0 Å². The highest BCUT2D eigenvalue weighted by Gasteiger charge is 2.28. The molecule has 3 N–H and O–H groups in total. The molecule has 21 heavy (non-hydrogen) atoms. The maximum Gasteiger partial charge on any atom is 0.223 e. The lowest BCUT2D eigenvalue weighted by Crippen LogP contribution is -2.38. The van der Waals surface area contributed by atoms with Crippen LogP contribution in [-0.2, 0) is 4.79 Å². The first-order chi connectivity index (χ1) is 10.1. The smallest absolute Gasteiger partial charge is 0.223 e. The molecule has 0 aromatic heterocycles. The zero-order valence-electron chi connectivity index (χ0n) is 13.9. The first-order valence-corrected chi connectivity index (χ1v) is 9.09. The number of rotatable bonds is 5. The Balaban J connectivity index is 1.66. The summed E-state index contributed by atoms with van der Waals surface area (Å²) in [6, 6.07) is 0.308. The molecule has 5 atom stereocenters. The minimum atomic E-state index is 0.127. The molecule has 0 spiro atoms. The van der Waals surface area contributed by atoms with Gasteiger partial charge in [0, 0.05) is 18.5 Å². The fourth-order valence-electron chi connectivity index (χ4n) is 4.32. The van der Waals surface area contributed by atoms with Crippen LogP contribution in [-0.4, -0.2) is 18.5 Å². The van der Waals surface area contributed by atoms with Crippen molar-refractivity contribution in [2.24, 2.45) is 29.4 Å². The van der Waals surface area contributed by atoms with Crippen LogP contribution in [0.15, 0.2) is 0 Å². The average molecular weight is 294 g/mol. The molecule has 0 bridgehead atoms. The van der Waals surface area contributed by atoms with Crippen molar-refractivity contribution in [3.8, 4) is 0 Å². The number of nitrogens with two attached hydrogens (primary N) is 1. The number of amides is 1. The number of hydrogen-bond donors (Lipinski definition) is 2. The summed E-state index contributed by atoms with van der Waals surface area (Å²) in [6.07, 6.45) is 11.1. The third-order valence-corrected chi connectivity index (χ3v) is 5.77. The standard InChI is InChI=1S/C18H34N2O/c1-13-5-3-6-15(11-13)9-10-20-18(21)14(2)16-7-4-8-17(19)12-16/h13-17H,3-12,19H2,1-2H3,(H,20,21). The van der Waals surface area contributed by atoms with Gasteiger partial charge in [-0.2, -0.15) is 0 Å². The predicted molar refractivity (Wildman–Crippen MR) is 87.8 cm³/mol. The topological polar surface area (TPSA) is 55.1 Å². The van der Waals surface area contributed by atoms with Gasteiger partial charge in [-0.1, -0.05) is 39.5 Å². The highest BCUT2D eigenvalue weighted by atomic mass is 16.1. The second-order valence-electron chi connectivity index (χ2n) is 7.69. The van der Waals surface area contributed by atoms with Gasteiger partial charge in [0.1, 0.15) is 0 Å². The van der Waals surface area contributed by atoms with Crippen LogP contribution in [0, 0.1) is 23.7 Å². The molecule has 3 heteroatoms. The highest BCUT2D eigenvalue weighted by molar-refractivity contribution is 5.78. The molecule has 2 aliphatic carbocycles. The Morgan fingerprint density at radius 3 is 2.67 bits per heavy atom. The summed E-state index contributed by atoms with van der Waals surface area (Å²) in [5, 5.41) is 3.18. The summed E-state index contributed by atoms with van der Waals surface area (Å²) in [4.78, 5) is 12.3. The van der Waals surface area contributed by atoms with Gasteiger partial charge in [-0.3, -0.25) is 4.79 Å². The van der Waals surface area contributed by atoms with Crippen LogP contribution in [0.4, 0.5) is 0 Å². The fraction of sp³-hybridized carbons (Fsp3) is 0.944. The van der Waals surface area contributed by atoms with Gasteiger partial charge in [-0.05, 0) is 49.9 Å². The van der Waals surface area contributed by atoms with Crippen LogP contribution < -0.4 is 11.1 Å². The first kappa shape index (κ1) is 16.8. The van der Waals surface area contributed by atoms with Crippen molar-refractivity contribution in [1.82, 2.24) is 5.32 Å². The molecule has 2 saturated carbocycles. The predicted octanol–water partition coefficient (Wildman–Crippen LogP) is 3.47. The lowest BCUT2D eigenvalue weighted by atomic mass is 9.78. The van der Waals surface area contributed by atoms with Crippen LogP contribution >= 0.6 is 0 Å². The summed E-state index contributed by atoms with van der Waals surface area (Å²) in [6.45, 7) is 5.30. The third kappa shape index (κ3) is 5.28. The normalized spacial score (nSPS) is 35.2. The van der Waals surface area contributed by atoms with Gasteiger partial charge in [0.05, 0.1) is 0 Å². The van der Waals surface area contributed by atoms with Gasteiger partial charge in [0.2, 0.25) is 5.91 Å². The Bertz CT molecular complexity index is 331. The molecule has 2 rings (SSSR count). The van der Waals surface area contributed by atoms with Crippen LogP contribution in [0.25, 0.3) is 0 Å². The van der Waals surface area contributed by atoms with Crippen molar-refractivity contribution in [3.63, 3.8) is 0 Å². The summed E-state index contributed by atoms with van der Waals surface area (Å²) in [7, 11) is 0.